The highest BCUT2D eigenvalue weighted by molar-refractivity contribution is 7.92. The predicted octanol–water partition coefficient (Wildman–Crippen LogP) is 3.47. The first kappa shape index (κ1) is 21.7. The van der Waals surface area contributed by atoms with Gasteiger partial charge in [-0.25, -0.2) is 17.2 Å². The van der Waals surface area contributed by atoms with Gasteiger partial charge in [-0.1, -0.05) is 12.8 Å². The SMILES string of the molecule is O=C(c1ccc(NS(=O)(=O)c2ccc(F)c(F)c2)cc1)N1CCN(C2CCCC2)CC1. The zero-order valence-electron chi connectivity index (χ0n) is 17.1. The Morgan fingerprint density at radius 1 is 0.903 bits per heavy atom. The molecule has 1 aliphatic carbocycles. The summed E-state index contributed by atoms with van der Waals surface area (Å²) in [4.78, 5) is 16.7. The summed E-state index contributed by atoms with van der Waals surface area (Å²) in [6.07, 6.45) is 5.07. The molecule has 2 aromatic rings. The summed E-state index contributed by atoms with van der Waals surface area (Å²) in [6.45, 7) is 3.12. The Morgan fingerprint density at radius 3 is 2.16 bits per heavy atom. The molecular formula is C22H25F2N3O3S. The lowest BCUT2D eigenvalue weighted by Gasteiger charge is -2.38. The number of anilines is 1. The molecule has 31 heavy (non-hydrogen) atoms. The molecule has 1 saturated heterocycles. The van der Waals surface area contributed by atoms with E-state index in [0.717, 1.165) is 25.2 Å². The molecule has 0 unspecified atom stereocenters. The Labute approximate surface area is 180 Å². The van der Waals surface area contributed by atoms with Gasteiger partial charge in [-0.2, -0.15) is 0 Å². The lowest BCUT2D eigenvalue weighted by atomic mass is 10.1. The molecule has 9 heteroatoms. The van der Waals surface area contributed by atoms with E-state index in [-0.39, 0.29) is 16.5 Å². The van der Waals surface area contributed by atoms with E-state index in [1.807, 2.05) is 4.90 Å². The van der Waals surface area contributed by atoms with E-state index in [4.69, 9.17) is 0 Å². The smallest absolute Gasteiger partial charge is 0.261 e. The molecule has 1 amide bonds. The summed E-state index contributed by atoms with van der Waals surface area (Å²) in [7, 11) is -4.08. The summed E-state index contributed by atoms with van der Waals surface area (Å²) < 4.78 is 53.5. The van der Waals surface area contributed by atoms with Gasteiger partial charge in [0.15, 0.2) is 11.6 Å². The van der Waals surface area contributed by atoms with E-state index in [1.165, 1.54) is 37.8 Å². The largest absolute Gasteiger partial charge is 0.336 e. The summed E-state index contributed by atoms with van der Waals surface area (Å²) in [5.74, 6) is -2.44. The molecule has 0 radical (unpaired) electrons. The molecule has 1 heterocycles. The zero-order valence-corrected chi connectivity index (χ0v) is 17.9. The van der Waals surface area contributed by atoms with Crippen molar-refractivity contribution in [2.45, 2.75) is 36.6 Å². The number of amides is 1. The van der Waals surface area contributed by atoms with Gasteiger partial charge in [0.1, 0.15) is 0 Å². The van der Waals surface area contributed by atoms with E-state index >= 15 is 0 Å². The Morgan fingerprint density at radius 2 is 1.55 bits per heavy atom. The Kier molecular flexibility index (Phi) is 6.24. The minimum Gasteiger partial charge on any atom is -0.336 e. The maximum absolute atomic E-state index is 13.4. The van der Waals surface area contributed by atoms with Crippen molar-refractivity contribution < 1.29 is 22.0 Å². The van der Waals surface area contributed by atoms with Crippen LogP contribution in [0.4, 0.5) is 14.5 Å². The number of carbonyl (C=O) groups is 1. The molecule has 4 rings (SSSR count). The zero-order chi connectivity index (χ0) is 22.0. The van der Waals surface area contributed by atoms with Crippen molar-refractivity contribution >= 4 is 21.6 Å². The third-order valence-corrected chi connectivity index (χ3v) is 7.41. The molecule has 0 bridgehead atoms. The summed E-state index contributed by atoms with van der Waals surface area (Å²) in [5.41, 5.74) is 0.706. The topological polar surface area (TPSA) is 69.7 Å². The number of nitrogens with zero attached hydrogens (tertiary/aromatic N) is 2. The first-order valence-electron chi connectivity index (χ1n) is 10.4. The van der Waals surface area contributed by atoms with Crippen LogP contribution in [0.5, 0.6) is 0 Å². The van der Waals surface area contributed by atoms with Crippen molar-refractivity contribution in [2.75, 3.05) is 30.9 Å². The van der Waals surface area contributed by atoms with Gasteiger partial charge in [0.05, 0.1) is 4.90 Å². The highest BCUT2D eigenvalue weighted by atomic mass is 32.2. The van der Waals surface area contributed by atoms with Crippen LogP contribution in [0.15, 0.2) is 47.4 Å². The average molecular weight is 450 g/mol. The average Bonchev–Trinajstić information content (AvgIpc) is 3.30. The summed E-state index contributed by atoms with van der Waals surface area (Å²) >= 11 is 0. The number of nitrogens with one attached hydrogen (secondary N) is 1. The number of sulfonamides is 1. The van der Waals surface area contributed by atoms with Crippen LogP contribution in [0, 0.1) is 11.6 Å². The second kappa shape index (κ2) is 8.92. The van der Waals surface area contributed by atoms with Crippen LogP contribution in [0.3, 0.4) is 0 Å². The van der Waals surface area contributed by atoms with Crippen LogP contribution in [0.25, 0.3) is 0 Å². The van der Waals surface area contributed by atoms with Gasteiger partial charge in [0.2, 0.25) is 0 Å². The monoisotopic (exact) mass is 449 g/mol. The molecule has 0 atom stereocenters. The first-order valence-corrected chi connectivity index (χ1v) is 11.9. The van der Waals surface area contributed by atoms with Crippen molar-refractivity contribution in [1.82, 2.24) is 9.80 Å². The fourth-order valence-electron chi connectivity index (χ4n) is 4.28. The van der Waals surface area contributed by atoms with Crippen LogP contribution >= 0.6 is 0 Å². The van der Waals surface area contributed by atoms with Crippen LogP contribution < -0.4 is 4.72 Å². The molecule has 1 aliphatic heterocycles. The molecule has 6 nitrogen and oxygen atoms in total. The van der Waals surface area contributed by atoms with Gasteiger partial charge in [0.25, 0.3) is 15.9 Å². The third-order valence-electron chi connectivity index (χ3n) is 6.03. The van der Waals surface area contributed by atoms with Crippen LogP contribution in [0.2, 0.25) is 0 Å². The maximum atomic E-state index is 13.4. The van der Waals surface area contributed by atoms with Gasteiger partial charge >= 0.3 is 0 Å². The predicted molar refractivity (Wildman–Crippen MR) is 113 cm³/mol. The fraction of sp³-hybridized carbons (Fsp3) is 0.409. The number of hydrogen-bond acceptors (Lipinski definition) is 4. The van der Waals surface area contributed by atoms with Gasteiger partial charge in [0, 0.05) is 43.5 Å². The number of piperazine rings is 1. The number of carbonyl (C=O) groups excluding carboxylic acids is 1. The van der Waals surface area contributed by atoms with Crippen molar-refractivity contribution in [1.29, 1.82) is 0 Å². The van der Waals surface area contributed by atoms with Crippen LogP contribution in [-0.4, -0.2) is 56.3 Å². The van der Waals surface area contributed by atoms with Crippen molar-refractivity contribution in [2.24, 2.45) is 0 Å². The van der Waals surface area contributed by atoms with E-state index in [9.17, 15) is 22.0 Å². The highest BCUT2D eigenvalue weighted by Crippen LogP contribution is 2.25. The van der Waals surface area contributed by atoms with E-state index in [0.29, 0.717) is 30.8 Å². The van der Waals surface area contributed by atoms with Gasteiger partial charge < -0.3 is 4.90 Å². The lowest BCUT2D eigenvalue weighted by molar-refractivity contribution is 0.0573. The van der Waals surface area contributed by atoms with E-state index in [1.54, 1.807) is 12.1 Å². The normalized spacial score (nSPS) is 18.3. The second-order valence-electron chi connectivity index (χ2n) is 8.03. The number of benzene rings is 2. The molecule has 0 spiro atoms. The van der Waals surface area contributed by atoms with Crippen molar-refractivity contribution in [3.63, 3.8) is 0 Å². The molecule has 2 fully saturated rings. The molecule has 2 aromatic carbocycles. The maximum Gasteiger partial charge on any atom is 0.261 e. The van der Waals surface area contributed by atoms with Crippen molar-refractivity contribution in [3.05, 3.63) is 59.7 Å². The quantitative estimate of drug-likeness (QED) is 0.759. The first-order chi connectivity index (χ1) is 14.8. The Bertz CT molecular complexity index is 1050. The lowest BCUT2D eigenvalue weighted by Crippen LogP contribution is -2.51. The number of rotatable bonds is 5. The Hall–Kier alpha value is -2.52. The number of hydrogen-bond donors (Lipinski definition) is 1. The molecule has 1 saturated carbocycles. The van der Waals surface area contributed by atoms with Gasteiger partial charge in [-0.3, -0.25) is 14.4 Å². The highest BCUT2D eigenvalue weighted by Gasteiger charge is 2.28. The van der Waals surface area contributed by atoms with Crippen molar-refractivity contribution in [3.8, 4) is 0 Å². The molecule has 1 N–H and O–H groups in total. The molecule has 166 valence electrons. The molecule has 2 aliphatic rings. The molecular weight excluding hydrogens is 424 g/mol. The Balaban J connectivity index is 1.37. The third kappa shape index (κ3) is 4.88. The van der Waals surface area contributed by atoms with Crippen LogP contribution in [-0.2, 0) is 10.0 Å². The second-order valence-corrected chi connectivity index (χ2v) is 9.71. The van der Waals surface area contributed by atoms with E-state index < -0.39 is 21.7 Å². The minimum absolute atomic E-state index is 0.0823. The van der Waals surface area contributed by atoms with Gasteiger partial charge in [-0.15, -0.1) is 0 Å². The number of halogens is 2. The fourth-order valence-corrected chi connectivity index (χ4v) is 5.35. The standard InChI is InChI=1S/C22H25F2N3O3S/c23-20-10-9-19(15-21(20)24)31(29,30)25-17-7-5-16(6-8-17)22(28)27-13-11-26(12-14-27)18-3-1-2-4-18/h5-10,15,18,25H,1-4,11-14H2. The van der Waals surface area contributed by atoms with Gasteiger partial charge in [-0.05, 0) is 55.3 Å². The molecule has 0 aromatic heterocycles. The summed E-state index contributed by atoms with van der Waals surface area (Å²) in [5, 5.41) is 0. The summed E-state index contributed by atoms with van der Waals surface area (Å²) in [6, 6.07) is 9.13. The van der Waals surface area contributed by atoms with E-state index in [2.05, 4.69) is 9.62 Å². The van der Waals surface area contributed by atoms with Crippen LogP contribution in [0.1, 0.15) is 36.0 Å². The minimum atomic E-state index is -4.08.